The van der Waals surface area contributed by atoms with E-state index in [2.05, 4.69) is 15.5 Å². The van der Waals surface area contributed by atoms with Crippen molar-refractivity contribution < 1.29 is 17.6 Å². The summed E-state index contributed by atoms with van der Waals surface area (Å²) < 4.78 is 49.8. The van der Waals surface area contributed by atoms with Crippen molar-refractivity contribution in [1.29, 1.82) is 0 Å². The van der Waals surface area contributed by atoms with Crippen molar-refractivity contribution in [2.45, 2.75) is 18.9 Å². The highest BCUT2D eigenvalue weighted by Crippen LogP contribution is 2.21. The van der Waals surface area contributed by atoms with Crippen LogP contribution in [0.5, 0.6) is 0 Å². The second-order valence-corrected chi connectivity index (χ2v) is 3.02. The lowest BCUT2D eigenvalue weighted by Gasteiger charge is -2.15. The molecule has 0 unspecified atom stereocenters. The summed E-state index contributed by atoms with van der Waals surface area (Å²) in [6.45, 7) is -1.11. The predicted octanol–water partition coefficient (Wildman–Crippen LogP) is 0.805. The molecule has 0 radical (unpaired) electrons. The largest absolute Gasteiger partial charge is 0.320 e. The molecule has 0 fully saturated rings. The summed E-state index contributed by atoms with van der Waals surface area (Å²) in [5, 5.41) is 9.30. The zero-order valence-electron chi connectivity index (χ0n) is 7.92. The van der Waals surface area contributed by atoms with E-state index in [4.69, 9.17) is 0 Å². The van der Waals surface area contributed by atoms with Crippen LogP contribution in [0.25, 0.3) is 0 Å². The van der Waals surface area contributed by atoms with Gasteiger partial charge in [0, 0.05) is 7.05 Å². The Kier molecular flexibility index (Phi) is 3.61. The lowest BCUT2D eigenvalue weighted by molar-refractivity contribution is -0.125. The number of halogens is 4. The van der Waals surface area contributed by atoms with Gasteiger partial charge in [-0.2, -0.15) is 8.78 Å². The number of alkyl halides is 4. The number of aryl methyl sites for hydroxylation is 1. The topological polar surface area (TPSA) is 42.7 Å². The minimum Gasteiger partial charge on any atom is -0.320 e. The SMILES string of the molecule is Cn1cnnc1CNCC(F)(F)C(F)F. The van der Waals surface area contributed by atoms with Gasteiger partial charge in [0.15, 0.2) is 0 Å². The Morgan fingerprint density at radius 1 is 1.53 bits per heavy atom. The maximum atomic E-state index is 12.4. The Labute approximate surface area is 83.3 Å². The van der Waals surface area contributed by atoms with Crippen LogP contribution in [0.4, 0.5) is 17.6 Å². The number of nitrogens with one attached hydrogen (secondary N) is 1. The lowest BCUT2D eigenvalue weighted by atomic mass is 10.3. The Bertz CT molecular complexity index is 312. The molecule has 15 heavy (non-hydrogen) atoms. The Morgan fingerprint density at radius 3 is 2.67 bits per heavy atom. The van der Waals surface area contributed by atoms with Gasteiger partial charge in [-0.05, 0) is 0 Å². The monoisotopic (exact) mass is 226 g/mol. The summed E-state index contributed by atoms with van der Waals surface area (Å²) in [7, 11) is 1.63. The van der Waals surface area contributed by atoms with Gasteiger partial charge in [0.2, 0.25) is 0 Å². The van der Waals surface area contributed by atoms with Gasteiger partial charge in [0.05, 0.1) is 13.1 Å². The van der Waals surface area contributed by atoms with E-state index in [0.717, 1.165) is 0 Å². The molecule has 0 saturated heterocycles. The van der Waals surface area contributed by atoms with Crippen molar-refractivity contribution >= 4 is 0 Å². The third kappa shape index (κ3) is 3.15. The molecule has 86 valence electrons. The first-order valence-corrected chi connectivity index (χ1v) is 4.13. The molecule has 1 heterocycles. The molecule has 1 N–H and O–H groups in total. The number of hydrogen-bond acceptors (Lipinski definition) is 3. The van der Waals surface area contributed by atoms with E-state index in [-0.39, 0.29) is 6.54 Å². The second kappa shape index (κ2) is 4.56. The predicted molar refractivity (Wildman–Crippen MR) is 43.7 cm³/mol. The molecule has 0 atom stereocenters. The average Bonchev–Trinajstić information content (AvgIpc) is 2.51. The first-order chi connectivity index (χ1) is 6.93. The molecule has 1 rings (SSSR count). The minimum atomic E-state index is -4.02. The van der Waals surface area contributed by atoms with Crippen LogP contribution >= 0.6 is 0 Å². The van der Waals surface area contributed by atoms with Crippen molar-refractivity contribution in [3.8, 4) is 0 Å². The molecule has 4 nitrogen and oxygen atoms in total. The molecule has 0 aliphatic rings. The van der Waals surface area contributed by atoms with E-state index in [0.29, 0.717) is 5.82 Å². The Morgan fingerprint density at radius 2 is 2.20 bits per heavy atom. The molecule has 1 aromatic rings. The van der Waals surface area contributed by atoms with E-state index in [1.165, 1.54) is 10.9 Å². The van der Waals surface area contributed by atoms with Gasteiger partial charge in [-0.25, -0.2) is 8.78 Å². The van der Waals surface area contributed by atoms with Crippen molar-refractivity contribution in [2.24, 2.45) is 7.05 Å². The quantitative estimate of drug-likeness (QED) is 0.755. The van der Waals surface area contributed by atoms with E-state index in [1.807, 2.05) is 0 Å². The molecular weight excluding hydrogens is 216 g/mol. The second-order valence-electron chi connectivity index (χ2n) is 3.02. The number of nitrogens with zero attached hydrogens (tertiary/aromatic N) is 3. The van der Waals surface area contributed by atoms with Crippen molar-refractivity contribution in [2.75, 3.05) is 6.54 Å². The third-order valence-electron chi connectivity index (χ3n) is 1.77. The summed E-state index contributed by atoms with van der Waals surface area (Å²) >= 11 is 0. The first kappa shape index (κ1) is 11.9. The van der Waals surface area contributed by atoms with Crippen LogP contribution < -0.4 is 5.32 Å². The number of hydrogen-bond donors (Lipinski definition) is 1. The smallest absolute Gasteiger partial charge is 0.319 e. The maximum absolute atomic E-state index is 12.4. The van der Waals surface area contributed by atoms with Crippen molar-refractivity contribution in [1.82, 2.24) is 20.1 Å². The molecule has 0 aromatic carbocycles. The molecule has 8 heteroatoms. The van der Waals surface area contributed by atoms with Gasteiger partial charge in [-0.3, -0.25) is 0 Å². The number of aromatic nitrogens is 3. The van der Waals surface area contributed by atoms with Gasteiger partial charge < -0.3 is 9.88 Å². The van der Waals surface area contributed by atoms with Crippen LogP contribution in [0.15, 0.2) is 6.33 Å². The Balaban J connectivity index is 2.37. The van der Waals surface area contributed by atoms with Crippen LogP contribution in [0.1, 0.15) is 5.82 Å². The van der Waals surface area contributed by atoms with Crippen molar-refractivity contribution in [3.05, 3.63) is 12.2 Å². The summed E-state index contributed by atoms with van der Waals surface area (Å²) in [4.78, 5) is 0. The summed E-state index contributed by atoms with van der Waals surface area (Å²) in [6.07, 6.45) is -2.27. The molecule has 0 bridgehead atoms. The fourth-order valence-electron chi connectivity index (χ4n) is 0.885. The summed E-state index contributed by atoms with van der Waals surface area (Å²) in [6, 6.07) is 0. The molecule has 0 spiro atoms. The Hall–Kier alpha value is -1.18. The summed E-state index contributed by atoms with van der Waals surface area (Å²) in [5.74, 6) is -3.61. The van der Waals surface area contributed by atoms with Crippen LogP contribution in [-0.2, 0) is 13.6 Å². The van der Waals surface area contributed by atoms with Crippen LogP contribution in [0.2, 0.25) is 0 Å². The first-order valence-electron chi connectivity index (χ1n) is 4.13. The zero-order valence-corrected chi connectivity index (χ0v) is 7.92. The standard InChI is InChI=1S/C7H10F4N4/c1-15-4-13-14-5(15)2-12-3-7(10,11)6(8)9/h4,6,12H,2-3H2,1H3. The van der Waals surface area contributed by atoms with Crippen LogP contribution in [-0.4, -0.2) is 33.7 Å². The number of rotatable bonds is 5. The minimum absolute atomic E-state index is 0.0290. The molecular formula is C7H10F4N4. The molecule has 0 aliphatic heterocycles. The molecule has 0 aliphatic carbocycles. The highest BCUT2D eigenvalue weighted by molar-refractivity contribution is 4.84. The normalized spacial score (nSPS) is 12.4. The van der Waals surface area contributed by atoms with Gasteiger partial charge in [-0.1, -0.05) is 0 Å². The molecule has 1 aromatic heterocycles. The highest BCUT2D eigenvalue weighted by atomic mass is 19.3. The fourth-order valence-corrected chi connectivity index (χ4v) is 0.885. The fraction of sp³-hybridized carbons (Fsp3) is 0.714. The zero-order chi connectivity index (χ0) is 11.5. The van der Waals surface area contributed by atoms with Crippen LogP contribution in [0, 0.1) is 0 Å². The van der Waals surface area contributed by atoms with Crippen molar-refractivity contribution in [3.63, 3.8) is 0 Å². The van der Waals surface area contributed by atoms with E-state index < -0.39 is 18.9 Å². The molecule has 0 saturated carbocycles. The lowest BCUT2D eigenvalue weighted by Crippen LogP contribution is -2.38. The highest BCUT2D eigenvalue weighted by Gasteiger charge is 2.40. The third-order valence-corrected chi connectivity index (χ3v) is 1.77. The summed E-state index contributed by atoms with van der Waals surface area (Å²) in [5.41, 5.74) is 0. The average molecular weight is 226 g/mol. The maximum Gasteiger partial charge on any atom is 0.319 e. The van der Waals surface area contributed by atoms with Gasteiger partial charge in [-0.15, -0.1) is 10.2 Å². The molecule has 0 amide bonds. The van der Waals surface area contributed by atoms with Gasteiger partial charge in [0.1, 0.15) is 12.2 Å². The van der Waals surface area contributed by atoms with Gasteiger partial charge >= 0.3 is 12.3 Å². The van der Waals surface area contributed by atoms with Crippen LogP contribution in [0.3, 0.4) is 0 Å². The van der Waals surface area contributed by atoms with E-state index in [9.17, 15) is 17.6 Å². The van der Waals surface area contributed by atoms with E-state index >= 15 is 0 Å². The van der Waals surface area contributed by atoms with E-state index in [1.54, 1.807) is 7.05 Å². The van der Waals surface area contributed by atoms with Gasteiger partial charge in [0.25, 0.3) is 0 Å².